The standard InChI is InChI=1S/C16H31N/c1-4-6-14-7-5-9-16(10-8-14)11-15(16)12-17-13(2)3/h13-15,17H,4-12H2,1-3H3. The maximum Gasteiger partial charge on any atom is 0.00104 e. The maximum atomic E-state index is 3.64. The Bertz CT molecular complexity index is 236. The lowest BCUT2D eigenvalue weighted by Gasteiger charge is -2.16. The summed E-state index contributed by atoms with van der Waals surface area (Å²) < 4.78 is 0. The van der Waals surface area contributed by atoms with E-state index in [2.05, 4.69) is 26.1 Å². The second-order valence-corrected chi connectivity index (χ2v) is 6.91. The van der Waals surface area contributed by atoms with Crippen molar-refractivity contribution >= 4 is 0 Å². The van der Waals surface area contributed by atoms with Crippen molar-refractivity contribution in [3.63, 3.8) is 0 Å². The van der Waals surface area contributed by atoms with Gasteiger partial charge in [-0.15, -0.1) is 0 Å². The van der Waals surface area contributed by atoms with Crippen LogP contribution in [0.3, 0.4) is 0 Å². The molecule has 0 radical (unpaired) electrons. The Hall–Kier alpha value is -0.0400. The average Bonchev–Trinajstić information content (AvgIpc) is 3.01. The molecular formula is C16H31N. The van der Waals surface area contributed by atoms with Gasteiger partial charge in [0.15, 0.2) is 0 Å². The Labute approximate surface area is 108 Å². The molecule has 1 N–H and O–H groups in total. The van der Waals surface area contributed by atoms with E-state index in [0.717, 1.165) is 17.3 Å². The molecule has 2 aliphatic carbocycles. The zero-order chi connectivity index (χ0) is 12.3. The van der Waals surface area contributed by atoms with Crippen LogP contribution in [-0.4, -0.2) is 12.6 Å². The van der Waals surface area contributed by atoms with Gasteiger partial charge in [0.05, 0.1) is 0 Å². The van der Waals surface area contributed by atoms with E-state index in [1.54, 1.807) is 0 Å². The van der Waals surface area contributed by atoms with E-state index in [-0.39, 0.29) is 0 Å². The summed E-state index contributed by atoms with van der Waals surface area (Å²) in [5.41, 5.74) is 0.782. The van der Waals surface area contributed by atoms with Gasteiger partial charge in [0.2, 0.25) is 0 Å². The highest BCUT2D eigenvalue weighted by molar-refractivity contribution is 5.04. The number of hydrogen-bond donors (Lipinski definition) is 1. The van der Waals surface area contributed by atoms with E-state index < -0.39 is 0 Å². The molecule has 0 bridgehead atoms. The van der Waals surface area contributed by atoms with Crippen molar-refractivity contribution in [3.8, 4) is 0 Å². The first kappa shape index (κ1) is 13.4. The van der Waals surface area contributed by atoms with E-state index in [0.29, 0.717) is 6.04 Å². The van der Waals surface area contributed by atoms with Crippen LogP contribution in [0.2, 0.25) is 0 Å². The van der Waals surface area contributed by atoms with Crippen LogP contribution in [0.5, 0.6) is 0 Å². The molecule has 3 unspecified atom stereocenters. The summed E-state index contributed by atoms with van der Waals surface area (Å²) in [6.45, 7) is 8.14. The quantitative estimate of drug-likeness (QED) is 0.748. The van der Waals surface area contributed by atoms with Gasteiger partial charge in [-0.3, -0.25) is 0 Å². The van der Waals surface area contributed by atoms with Crippen molar-refractivity contribution in [1.29, 1.82) is 0 Å². The van der Waals surface area contributed by atoms with Gasteiger partial charge >= 0.3 is 0 Å². The summed E-state index contributed by atoms with van der Waals surface area (Å²) in [4.78, 5) is 0. The number of hydrogen-bond acceptors (Lipinski definition) is 1. The van der Waals surface area contributed by atoms with Gasteiger partial charge in [-0.1, -0.05) is 46.5 Å². The molecule has 2 fully saturated rings. The third kappa shape index (κ3) is 3.47. The fourth-order valence-electron chi connectivity index (χ4n) is 3.91. The van der Waals surface area contributed by atoms with Crippen molar-refractivity contribution in [1.82, 2.24) is 5.32 Å². The Kier molecular flexibility index (Phi) is 4.52. The van der Waals surface area contributed by atoms with Crippen LogP contribution in [-0.2, 0) is 0 Å². The summed E-state index contributed by atoms with van der Waals surface area (Å²) in [6, 6.07) is 0.659. The monoisotopic (exact) mass is 237 g/mol. The third-order valence-electron chi connectivity index (χ3n) is 5.17. The van der Waals surface area contributed by atoms with Crippen LogP contribution in [0.4, 0.5) is 0 Å². The van der Waals surface area contributed by atoms with Gasteiger partial charge in [-0.05, 0) is 49.5 Å². The lowest BCUT2D eigenvalue weighted by Crippen LogP contribution is -2.26. The van der Waals surface area contributed by atoms with E-state index in [9.17, 15) is 0 Å². The van der Waals surface area contributed by atoms with E-state index in [4.69, 9.17) is 0 Å². The third-order valence-corrected chi connectivity index (χ3v) is 5.17. The first-order valence-electron chi connectivity index (χ1n) is 7.89. The second kappa shape index (κ2) is 5.73. The molecular weight excluding hydrogens is 206 g/mol. The topological polar surface area (TPSA) is 12.0 Å². The molecule has 1 nitrogen and oxygen atoms in total. The minimum atomic E-state index is 0.659. The smallest absolute Gasteiger partial charge is 0.00104 e. The van der Waals surface area contributed by atoms with Crippen LogP contribution in [0.15, 0.2) is 0 Å². The van der Waals surface area contributed by atoms with Crippen LogP contribution >= 0.6 is 0 Å². The van der Waals surface area contributed by atoms with Crippen molar-refractivity contribution in [2.24, 2.45) is 17.3 Å². The van der Waals surface area contributed by atoms with Crippen LogP contribution in [0.1, 0.15) is 72.1 Å². The van der Waals surface area contributed by atoms with Crippen molar-refractivity contribution in [2.75, 3.05) is 6.54 Å². The summed E-state index contributed by atoms with van der Waals surface area (Å²) in [5, 5.41) is 3.64. The van der Waals surface area contributed by atoms with Gasteiger partial charge in [0.1, 0.15) is 0 Å². The van der Waals surface area contributed by atoms with Crippen LogP contribution in [0, 0.1) is 17.3 Å². The Morgan fingerprint density at radius 1 is 1.24 bits per heavy atom. The molecule has 3 atom stereocenters. The fourth-order valence-corrected chi connectivity index (χ4v) is 3.91. The molecule has 1 heteroatoms. The molecule has 17 heavy (non-hydrogen) atoms. The van der Waals surface area contributed by atoms with Crippen LogP contribution in [0.25, 0.3) is 0 Å². The molecule has 0 aromatic carbocycles. The average molecular weight is 237 g/mol. The van der Waals surface area contributed by atoms with Crippen LogP contribution < -0.4 is 5.32 Å². The minimum Gasteiger partial charge on any atom is -0.314 e. The second-order valence-electron chi connectivity index (χ2n) is 6.91. The van der Waals surface area contributed by atoms with Gasteiger partial charge < -0.3 is 5.32 Å². The Balaban J connectivity index is 1.76. The lowest BCUT2D eigenvalue weighted by atomic mass is 9.91. The fraction of sp³-hybridized carbons (Fsp3) is 1.00. The lowest BCUT2D eigenvalue weighted by molar-refractivity contribution is 0.363. The predicted octanol–water partition coefficient (Wildman–Crippen LogP) is 4.37. The molecule has 0 aromatic rings. The molecule has 0 aliphatic heterocycles. The largest absolute Gasteiger partial charge is 0.314 e. The SMILES string of the molecule is CCCC1CCCC2(CC1)CC2CNC(C)C. The molecule has 2 aliphatic rings. The maximum absolute atomic E-state index is 3.64. The highest BCUT2D eigenvalue weighted by Gasteiger charge is 2.52. The molecule has 2 saturated carbocycles. The Morgan fingerprint density at radius 3 is 2.76 bits per heavy atom. The summed E-state index contributed by atoms with van der Waals surface area (Å²) in [6.07, 6.45) is 12.0. The van der Waals surface area contributed by atoms with Crippen molar-refractivity contribution in [2.45, 2.75) is 78.2 Å². The van der Waals surface area contributed by atoms with Gasteiger partial charge in [-0.2, -0.15) is 0 Å². The first-order chi connectivity index (χ1) is 8.16. The number of nitrogens with one attached hydrogen (secondary N) is 1. The highest BCUT2D eigenvalue weighted by atomic mass is 14.9. The molecule has 2 rings (SSSR count). The molecule has 0 aromatic heterocycles. The zero-order valence-electron chi connectivity index (χ0n) is 12.1. The van der Waals surface area contributed by atoms with E-state index in [1.807, 2.05) is 0 Å². The van der Waals surface area contributed by atoms with Crippen molar-refractivity contribution in [3.05, 3.63) is 0 Å². The molecule has 0 amide bonds. The van der Waals surface area contributed by atoms with Gasteiger partial charge in [0, 0.05) is 6.04 Å². The first-order valence-corrected chi connectivity index (χ1v) is 7.89. The van der Waals surface area contributed by atoms with E-state index >= 15 is 0 Å². The van der Waals surface area contributed by atoms with E-state index in [1.165, 1.54) is 57.9 Å². The molecule has 100 valence electrons. The van der Waals surface area contributed by atoms with Crippen molar-refractivity contribution < 1.29 is 0 Å². The zero-order valence-corrected chi connectivity index (χ0v) is 12.1. The summed E-state index contributed by atoms with van der Waals surface area (Å²) in [7, 11) is 0. The predicted molar refractivity (Wildman–Crippen MR) is 75.2 cm³/mol. The van der Waals surface area contributed by atoms with Gasteiger partial charge in [-0.25, -0.2) is 0 Å². The molecule has 0 saturated heterocycles. The summed E-state index contributed by atoms with van der Waals surface area (Å²) in [5.74, 6) is 2.06. The summed E-state index contributed by atoms with van der Waals surface area (Å²) >= 11 is 0. The normalized spacial score (nSPS) is 37.4. The Morgan fingerprint density at radius 2 is 2.06 bits per heavy atom. The molecule has 1 spiro atoms. The number of rotatable bonds is 5. The molecule has 0 heterocycles. The minimum absolute atomic E-state index is 0.659. The van der Waals surface area contributed by atoms with Gasteiger partial charge in [0.25, 0.3) is 0 Å². The highest BCUT2D eigenvalue weighted by Crippen LogP contribution is 2.60.